The summed E-state index contributed by atoms with van der Waals surface area (Å²) >= 11 is 0. The first-order valence-electron chi connectivity index (χ1n) is 35.0. The Labute approximate surface area is 592 Å². The van der Waals surface area contributed by atoms with E-state index in [0.717, 1.165) is 112 Å². The van der Waals surface area contributed by atoms with Crippen molar-refractivity contribution in [3.8, 4) is 67.5 Å². The number of aryl methyl sites for hydroxylation is 2. The molecule has 6 nitrogen and oxygen atoms in total. The van der Waals surface area contributed by atoms with Gasteiger partial charge in [-0.2, -0.15) is 0 Å². The molecule has 0 amide bonds. The van der Waals surface area contributed by atoms with Crippen LogP contribution in [0, 0.1) is 13.8 Å². The van der Waals surface area contributed by atoms with Gasteiger partial charge in [0.05, 0.1) is 44.5 Å². The van der Waals surface area contributed by atoms with E-state index in [1.165, 1.54) is 66.0 Å². The largest absolute Gasteiger partial charge is 0.310 e. The Hall–Kier alpha value is -13.4. The van der Waals surface area contributed by atoms with E-state index in [1.807, 2.05) is 0 Å². The van der Waals surface area contributed by atoms with E-state index in [4.69, 9.17) is 0 Å². The SMILES string of the molecule is Cc1cccc(-c2cc3cc4c(cc(-c5cccc(C)c5)n4-c4ccc(N(c5ccc(-c6ccccc6)cc5)c5ccc6c(c5)c5ccccc5n6-c5ccccc5)cc4)cc3n2-c2ccc(N(c3ccc(-c4ccccc4)cc3)c3ccc4c(c3)c3ccccc3n4-c3ccccc3)cc2)c1. The predicted molar refractivity (Wildman–Crippen MR) is 429 cm³/mol. The van der Waals surface area contributed by atoms with Crippen LogP contribution in [0.3, 0.4) is 0 Å². The highest BCUT2D eigenvalue weighted by atomic mass is 15.2. The topological polar surface area (TPSA) is 26.2 Å². The Kier molecular flexibility index (Phi) is 14.6. The zero-order valence-corrected chi connectivity index (χ0v) is 56.5. The molecular weight excluding hydrogens is 1240 g/mol. The van der Waals surface area contributed by atoms with Crippen molar-refractivity contribution >= 4 is 99.5 Å². The maximum absolute atomic E-state index is 2.47. The summed E-state index contributed by atoms with van der Waals surface area (Å²) in [6, 6.07) is 138. The Morgan fingerprint density at radius 3 is 0.873 bits per heavy atom. The van der Waals surface area contributed by atoms with Crippen LogP contribution in [0.15, 0.2) is 376 Å². The van der Waals surface area contributed by atoms with Crippen LogP contribution in [0.4, 0.5) is 34.1 Å². The van der Waals surface area contributed by atoms with Crippen LogP contribution in [0.2, 0.25) is 0 Å². The molecule has 0 saturated heterocycles. The van der Waals surface area contributed by atoms with Gasteiger partial charge in [0, 0.05) is 89.2 Å². The lowest BCUT2D eigenvalue weighted by atomic mass is 10.0. The Morgan fingerprint density at radius 1 is 0.186 bits per heavy atom. The maximum Gasteiger partial charge on any atom is 0.0542 e. The van der Waals surface area contributed by atoms with Gasteiger partial charge in [0.2, 0.25) is 0 Å². The minimum Gasteiger partial charge on any atom is -0.310 e. The van der Waals surface area contributed by atoms with Gasteiger partial charge in [-0.15, -0.1) is 0 Å². The van der Waals surface area contributed by atoms with Gasteiger partial charge in [-0.3, -0.25) is 0 Å². The van der Waals surface area contributed by atoms with E-state index in [1.54, 1.807) is 0 Å². The molecule has 15 aromatic carbocycles. The summed E-state index contributed by atoms with van der Waals surface area (Å²) < 4.78 is 9.70. The molecule has 4 aromatic heterocycles. The molecule has 0 aliphatic heterocycles. The third kappa shape index (κ3) is 10.4. The Morgan fingerprint density at radius 2 is 0.490 bits per heavy atom. The van der Waals surface area contributed by atoms with Gasteiger partial charge < -0.3 is 28.1 Å². The normalized spacial score (nSPS) is 11.6. The Bertz CT molecular complexity index is 5950. The smallest absolute Gasteiger partial charge is 0.0542 e. The van der Waals surface area contributed by atoms with E-state index < -0.39 is 0 Å². The molecule has 0 N–H and O–H groups in total. The van der Waals surface area contributed by atoms with Crippen molar-refractivity contribution in [3.63, 3.8) is 0 Å². The number of aromatic nitrogens is 4. The van der Waals surface area contributed by atoms with Crippen LogP contribution in [0.5, 0.6) is 0 Å². The minimum atomic E-state index is 1.05. The Balaban J connectivity index is 0.747. The number of nitrogens with zero attached hydrogens (tertiary/aromatic N) is 6. The van der Waals surface area contributed by atoms with E-state index in [-0.39, 0.29) is 0 Å². The monoisotopic (exact) mass is 1300 g/mol. The highest BCUT2D eigenvalue weighted by Gasteiger charge is 2.24. The van der Waals surface area contributed by atoms with Gasteiger partial charge in [0.1, 0.15) is 0 Å². The number of benzene rings is 15. The summed E-state index contributed by atoms with van der Waals surface area (Å²) in [4.78, 5) is 4.81. The highest BCUT2D eigenvalue weighted by Crippen LogP contribution is 2.46. The molecular formula is C96H68N6. The molecule has 0 aliphatic rings. The zero-order chi connectivity index (χ0) is 67.8. The molecule has 482 valence electrons. The van der Waals surface area contributed by atoms with Crippen molar-refractivity contribution in [2.45, 2.75) is 13.8 Å². The molecule has 0 bridgehead atoms. The molecule has 19 rings (SSSR count). The third-order valence-corrected chi connectivity index (χ3v) is 20.4. The lowest BCUT2D eigenvalue weighted by Gasteiger charge is -2.26. The van der Waals surface area contributed by atoms with E-state index in [0.29, 0.717) is 0 Å². The molecule has 19 aromatic rings. The van der Waals surface area contributed by atoms with Gasteiger partial charge >= 0.3 is 0 Å². The lowest BCUT2D eigenvalue weighted by Crippen LogP contribution is -2.10. The number of anilines is 6. The quantitative estimate of drug-likeness (QED) is 0.108. The van der Waals surface area contributed by atoms with Crippen LogP contribution in [-0.4, -0.2) is 18.3 Å². The lowest BCUT2D eigenvalue weighted by molar-refractivity contribution is 1.13. The van der Waals surface area contributed by atoms with Gasteiger partial charge in [-0.1, -0.05) is 205 Å². The van der Waals surface area contributed by atoms with Gasteiger partial charge in [0.15, 0.2) is 0 Å². The minimum absolute atomic E-state index is 1.05. The number of fused-ring (bicyclic) bond motifs is 8. The summed E-state index contributed by atoms with van der Waals surface area (Å²) in [6.45, 7) is 4.37. The standard InChI is InChI=1S/C96H68N6/c1-65-21-19-27-71(57-65)93-59-73-61-96-74(62-95(73)101(93)81-49-45-79(46-50-81)97(77-41-37-69(38-42-77)67-23-7-3-8-24-67)83-53-55-91-87(63-83)85-33-15-17-35-89(85)99(91)75-29-11-5-12-30-75)60-94(72-28-20-22-66(2)58-72)102(96)82-51-47-80(48-52-82)98(78-43-39-70(40-44-78)68-25-9-4-10-26-68)84-54-56-92-88(64-84)86-34-16-18-36-90(86)100(92)76-31-13-6-14-32-76/h3-64H,1-2H3. The first kappa shape index (κ1) is 59.8. The molecule has 4 heterocycles. The number of para-hydroxylation sites is 4. The van der Waals surface area contributed by atoms with Crippen LogP contribution >= 0.6 is 0 Å². The van der Waals surface area contributed by atoms with Crippen LogP contribution in [-0.2, 0) is 0 Å². The first-order chi connectivity index (χ1) is 50.4. The average molecular weight is 1310 g/mol. The van der Waals surface area contributed by atoms with Crippen molar-refractivity contribution < 1.29 is 0 Å². The van der Waals surface area contributed by atoms with Crippen molar-refractivity contribution in [2.24, 2.45) is 0 Å². The fraction of sp³-hybridized carbons (Fsp3) is 0.0208. The summed E-state index contributed by atoms with van der Waals surface area (Å²) in [5, 5.41) is 7.10. The molecule has 0 spiro atoms. The van der Waals surface area contributed by atoms with Gasteiger partial charge in [0.25, 0.3) is 0 Å². The van der Waals surface area contributed by atoms with Crippen LogP contribution in [0.25, 0.3) is 133 Å². The van der Waals surface area contributed by atoms with Crippen molar-refractivity contribution in [1.82, 2.24) is 18.3 Å². The summed E-state index contributed by atoms with van der Waals surface area (Å²) in [5.41, 5.74) is 29.4. The number of hydrogen-bond donors (Lipinski definition) is 0. The summed E-state index contributed by atoms with van der Waals surface area (Å²) in [6.07, 6.45) is 0. The second kappa shape index (κ2) is 24.8. The fourth-order valence-corrected chi connectivity index (χ4v) is 15.7. The first-order valence-corrected chi connectivity index (χ1v) is 35.0. The second-order valence-electron chi connectivity index (χ2n) is 26.7. The average Bonchev–Trinajstić information content (AvgIpc) is 1.59. The number of rotatable bonds is 14. The molecule has 0 aliphatic carbocycles. The van der Waals surface area contributed by atoms with Crippen LogP contribution in [0.1, 0.15) is 11.1 Å². The molecule has 0 saturated carbocycles. The molecule has 102 heavy (non-hydrogen) atoms. The summed E-state index contributed by atoms with van der Waals surface area (Å²) in [5.74, 6) is 0. The molecule has 0 fully saturated rings. The van der Waals surface area contributed by atoms with Gasteiger partial charge in [-0.05, 0) is 229 Å². The van der Waals surface area contributed by atoms with E-state index in [9.17, 15) is 0 Å². The third-order valence-electron chi connectivity index (χ3n) is 20.4. The van der Waals surface area contributed by atoms with Crippen molar-refractivity contribution in [1.29, 1.82) is 0 Å². The van der Waals surface area contributed by atoms with Crippen molar-refractivity contribution in [3.05, 3.63) is 387 Å². The van der Waals surface area contributed by atoms with Crippen molar-refractivity contribution in [2.75, 3.05) is 9.80 Å². The van der Waals surface area contributed by atoms with Gasteiger partial charge in [-0.25, -0.2) is 0 Å². The summed E-state index contributed by atoms with van der Waals surface area (Å²) in [7, 11) is 0. The molecule has 0 radical (unpaired) electrons. The fourth-order valence-electron chi connectivity index (χ4n) is 15.7. The maximum atomic E-state index is 2.47. The number of hydrogen-bond acceptors (Lipinski definition) is 2. The van der Waals surface area contributed by atoms with E-state index >= 15 is 0 Å². The molecule has 6 heteroatoms. The highest BCUT2D eigenvalue weighted by molar-refractivity contribution is 6.12. The molecule has 0 atom stereocenters. The van der Waals surface area contributed by atoms with E-state index in [2.05, 4.69) is 418 Å². The van der Waals surface area contributed by atoms with Crippen LogP contribution < -0.4 is 9.80 Å². The zero-order valence-electron chi connectivity index (χ0n) is 56.5. The second-order valence-corrected chi connectivity index (χ2v) is 26.7. The molecule has 0 unspecified atom stereocenters. The predicted octanol–water partition coefficient (Wildman–Crippen LogP) is 26.0.